The number of piperazine rings is 1. The number of nitro benzene ring substituents is 1. The molecule has 0 radical (unpaired) electrons. The minimum Gasteiger partial charge on any atom is -0.443 e. The number of thiol groups is 1. The topological polar surface area (TPSA) is 109 Å². The minimum atomic E-state index is -0.721. The Morgan fingerprint density at radius 3 is 2.35 bits per heavy atom. The minimum absolute atomic E-state index is 0.0169. The summed E-state index contributed by atoms with van der Waals surface area (Å²) in [5, 5.41) is 10.9. The quantitative estimate of drug-likeness (QED) is 0.245. The second-order valence-electron chi connectivity index (χ2n) is 7.79. The first-order valence-corrected chi connectivity index (χ1v) is 10.6. The molecule has 3 rings (SSSR count). The van der Waals surface area contributed by atoms with Crippen LogP contribution in [0.5, 0.6) is 0 Å². The van der Waals surface area contributed by atoms with Gasteiger partial charge in [-0.3, -0.25) is 19.8 Å². The Morgan fingerprint density at radius 2 is 1.81 bits per heavy atom. The third-order valence-corrected chi connectivity index (χ3v) is 6.00. The number of amidine groups is 1. The number of hydrogen-bond donors (Lipinski definition) is 1. The Labute approximate surface area is 186 Å². The Hall–Kier alpha value is -2.66. The summed E-state index contributed by atoms with van der Waals surface area (Å²) in [5.41, 5.74) is 0.617. The van der Waals surface area contributed by atoms with Gasteiger partial charge in [-0.25, -0.2) is 4.79 Å². The van der Waals surface area contributed by atoms with Crippen molar-refractivity contribution >= 4 is 36.2 Å². The van der Waals surface area contributed by atoms with Gasteiger partial charge in [-0.1, -0.05) is 0 Å². The molecule has 0 N–H and O–H groups in total. The van der Waals surface area contributed by atoms with Crippen LogP contribution in [-0.2, 0) is 16.1 Å². The molecule has 2 aliphatic rings. The van der Waals surface area contributed by atoms with Crippen LogP contribution in [0.3, 0.4) is 0 Å². The number of nitro groups is 1. The largest absolute Gasteiger partial charge is 0.443 e. The molecule has 2 heterocycles. The van der Waals surface area contributed by atoms with E-state index in [1.165, 1.54) is 24.3 Å². The van der Waals surface area contributed by atoms with Crippen molar-refractivity contribution in [1.29, 1.82) is 0 Å². The number of carbonyl (C=O) groups excluding carboxylic acids is 2. The lowest BCUT2D eigenvalue weighted by atomic mass is 10.1. The molecule has 2 fully saturated rings. The second-order valence-corrected chi connectivity index (χ2v) is 8.52. The highest BCUT2D eigenvalue weighted by molar-refractivity contribution is 7.81. The highest BCUT2D eigenvalue weighted by Gasteiger charge is 2.36. The van der Waals surface area contributed by atoms with Gasteiger partial charge in [-0.2, -0.15) is 17.6 Å². The molecule has 31 heavy (non-hydrogen) atoms. The fourth-order valence-electron chi connectivity index (χ4n) is 3.82. The van der Waals surface area contributed by atoms with E-state index in [1.54, 1.807) is 6.92 Å². The van der Waals surface area contributed by atoms with Crippen LogP contribution in [-0.4, -0.2) is 88.5 Å². The van der Waals surface area contributed by atoms with Crippen molar-refractivity contribution < 1.29 is 19.2 Å². The number of rotatable bonds is 4. The number of aliphatic imine (C=N–C) groups is 1. The van der Waals surface area contributed by atoms with Gasteiger partial charge in [0.05, 0.1) is 11.0 Å². The predicted octanol–water partition coefficient (Wildman–Crippen LogP) is 1.80. The molecule has 11 heteroatoms. The Kier molecular flexibility index (Phi) is 7.50. The van der Waals surface area contributed by atoms with Crippen molar-refractivity contribution in [3.63, 3.8) is 0 Å². The summed E-state index contributed by atoms with van der Waals surface area (Å²) in [6.45, 7) is 4.87. The third kappa shape index (κ3) is 5.95. The number of nitrogens with zero attached hydrogens (tertiary/aromatic N) is 5. The van der Waals surface area contributed by atoms with Crippen LogP contribution in [0.4, 0.5) is 10.5 Å². The molecule has 0 spiro atoms. The van der Waals surface area contributed by atoms with E-state index in [2.05, 4.69) is 22.5 Å². The van der Waals surface area contributed by atoms with Crippen molar-refractivity contribution in [2.45, 2.75) is 31.2 Å². The summed E-state index contributed by atoms with van der Waals surface area (Å²) in [4.78, 5) is 44.9. The molecule has 2 atom stereocenters. The monoisotopic (exact) mass is 449 g/mol. The predicted molar refractivity (Wildman–Crippen MR) is 118 cm³/mol. The smallest absolute Gasteiger partial charge is 0.435 e. The van der Waals surface area contributed by atoms with E-state index in [9.17, 15) is 19.7 Å². The number of ether oxygens (including phenoxy) is 1. The summed E-state index contributed by atoms with van der Waals surface area (Å²) in [6, 6.07) is 5.68. The number of benzene rings is 1. The van der Waals surface area contributed by atoms with Gasteiger partial charge in [0.15, 0.2) is 0 Å². The maximum atomic E-state index is 12.8. The molecular formula is C20H27N5O5S. The number of carbonyl (C=O) groups is 2. The second kappa shape index (κ2) is 10.1. The number of likely N-dealkylation sites (tertiary alicyclic amines) is 1. The molecule has 0 aromatic heterocycles. The number of hydrogen-bond acceptors (Lipinski definition) is 7. The lowest BCUT2D eigenvalue weighted by Gasteiger charge is -2.37. The molecular weight excluding hydrogens is 422 g/mol. The standard InChI is InChI=1S/C20H27N5O5S/c1-14(21-20(27)30-13-15-3-5-16(6-4-15)25(28)29)23-7-9-24(10-8-23)19(26)18-11-17(31)12-22(18)2/h3-6,17-18,31H,7-13H2,1-2H3/t17-,18-/m0/s1. The Balaban J connectivity index is 1.46. The summed E-state index contributed by atoms with van der Waals surface area (Å²) < 4.78 is 5.14. The van der Waals surface area contributed by atoms with Crippen molar-refractivity contribution in [1.82, 2.24) is 14.7 Å². The Morgan fingerprint density at radius 1 is 1.19 bits per heavy atom. The van der Waals surface area contributed by atoms with Crippen LogP contribution >= 0.6 is 12.6 Å². The first-order chi connectivity index (χ1) is 14.7. The number of non-ortho nitro benzene ring substituents is 1. The summed E-state index contributed by atoms with van der Waals surface area (Å²) in [5.74, 6) is 0.671. The molecule has 0 unspecified atom stereocenters. The zero-order valence-corrected chi connectivity index (χ0v) is 18.5. The average molecular weight is 450 g/mol. The van der Waals surface area contributed by atoms with E-state index in [4.69, 9.17) is 4.74 Å². The van der Waals surface area contributed by atoms with E-state index in [0.717, 1.165) is 13.0 Å². The maximum Gasteiger partial charge on any atom is 0.435 e. The van der Waals surface area contributed by atoms with E-state index < -0.39 is 11.0 Å². The molecule has 2 amide bonds. The van der Waals surface area contributed by atoms with Gasteiger partial charge < -0.3 is 14.5 Å². The zero-order chi connectivity index (χ0) is 22.5. The molecule has 0 saturated carbocycles. The maximum absolute atomic E-state index is 12.8. The normalized spacial score (nSPS) is 22.5. The van der Waals surface area contributed by atoms with Gasteiger partial charge in [0.25, 0.3) is 5.69 Å². The van der Waals surface area contributed by atoms with E-state index >= 15 is 0 Å². The van der Waals surface area contributed by atoms with Gasteiger partial charge in [0.1, 0.15) is 12.4 Å². The van der Waals surface area contributed by atoms with Crippen LogP contribution < -0.4 is 0 Å². The summed E-state index contributed by atoms with van der Waals surface area (Å²) in [6.07, 6.45) is 0.0430. The molecule has 168 valence electrons. The van der Waals surface area contributed by atoms with Gasteiger partial charge >= 0.3 is 6.09 Å². The van der Waals surface area contributed by atoms with Crippen LogP contribution in [0.25, 0.3) is 0 Å². The molecule has 1 aromatic rings. The third-order valence-electron chi connectivity index (χ3n) is 5.62. The molecule has 1 aromatic carbocycles. The SMILES string of the molecule is CC(=NC(=O)OCc1ccc([N+](=O)[O-])cc1)N1CCN(C(=O)[C@@H]2C[C@H](S)CN2C)CC1. The van der Waals surface area contributed by atoms with Gasteiger partial charge in [-0.05, 0) is 38.1 Å². The fraction of sp³-hybridized carbons (Fsp3) is 0.550. The van der Waals surface area contributed by atoms with E-state index in [1.807, 2.05) is 16.8 Å². The highest BCUT2D eigenvalue weighted by atomic mass is 32.1. The fourth-order valence-corrected chi connectivity index (χ4v) is 4.27. The zero-order valence-electron chi connectivity index (χ0n) is 17.6. The van der Waals surface area contributed by atoms with Crippen LogP contribution in [0.2, 0.25) is 0 Å². The number of amides is 2. The first-order valence-electron chi connectivity index (χ1n) is 10.1. The van der Waals surface area contributed by atoms with Gasteiger partial charge in [0.2, 0.25) is 5.91 Å². The molecule has 2 aliphatic heterocycles. The molecule has 0 bridgehead atoms. The van der Waals surface area contributed by atoms with E-state index in [-0.39, 0.29) is 29.5 Å². The van der Waals surface area contributed by atoms with Gasteiger partial charge in [-0.15, -0.1) is 0 Å². The van der Waals surface area contributed by atoms with Gasteiger partial charge in [0, 0.05) is 50.1 Å². The van der Waals surface area contributed by atoms with Crippen molar-refractivity contribution in [3.05, 3.63) is 39.9 Å². The highest BCUT2D eigenvalue weighted by Crippen LogP contribution is 2.22. The van der Waals surface area contributed by atoms with Crippen molar-refractivity contribution in [3.8, 4) is 0 Å². The Bertz CT molecular complexity index is 854. The first kappa shape index (κ1) is 23.0. The summed E-state index contributed by atoms with van der Waals surface area (Å²) in [7, 11) is 1.95. The van der Waals surface area contributed by atoms with E-state index in [0.29, 0.717) is 37.6 Å². The van der Waals surface area contributed by atoms with Crippen LogP contribution in [0, 0.1) is 10.1 Å². The van der Waals surface area contributed by atoms with Crippen LogP contribution in [0.15, 0.2) is 29.3 Å². The number of likely N-dealkylation sites (N-methyl/N-ethyl adjacent to an activating group) is 1. The van der Waals surface area contributed by atoms with Crippen molar-refractivity contribution in [2.24, 2.45) is 4.99 Å². The summed E-state index contributed by atoms with van der Waals surface area (Å²) >= 11 is 4.49. The lowest BCUT2D eigenvalue weighted by Crippen LogP contribution is -2.54. The van der Waals surface area contributed by atoms with Crippen LogP contribution in [0.1, 0.15) is 18.9 Å². The molecule has 0 aliphatic carbocycles. The molecule has 2 saturated heterocycles. The van der Waals surface area contributed by atoms with Crippen molar-refractivity contribution in [2.75, 3.05) is 39.8 Å². The average Bonchev–Trinajstić information content (AvgIpc) is 3.10. The molecule has 10 nitrogen and oxygen atoms in total. The lowest BCUT2D eigenvalue weighted by molar-refractivity contribution is -0.384.